The van der Waals surface area contributed by atoms with Gasteiger partial charge >= 0.3 is 0 Å². The fourth-order valence-electron chi connectivity index (χ4n) is 3.21. The van der Waals surface area contributed by atoms with Crippen molar-refractivity contribution in [2.45, 2.75) is 18.7 Å². The van der Waals surface area contributed by atoms with Crippen LogP contribution in [0, 0.1) is 5.82 Å². The van der Waals surface area contributed by atoms with E-state index < -0.39 is 0 Å². The van der Waals surface area contributed by atoms with Crippen LogP contribution in [-0.2, 0) is 18.7 Å². The number of carbonyl (C=O) groups is 1. The highest BCUT2D eigenvalue weighted by Crippen LogP contribution is 2.29. The molecule has 1 N–H and O–H groups in total. The van der Waals surface area contributed by atoms with Gasteiger partial charge in [-0.2, -0.15) is 16.9 Å². The molecule has 1 aromatic carbocycles. The van der Waals surface area contributed by atoms with Crippen LogP contribution < -0.4 is 0 Å². The number of halogens is 1. The molecule has 2 aromatic heterocycles. The lowest BCUT2D eigenvalue weighted by molar-refractivity contribution is 0.0701. The van der Waals surface area contributed by atoms with Crippen molar-refractivity contribution in [3.63, 3.8) is 0 Å². The first-order chi connectivity index (χ1) is 12.7. The summed E-state index contributed by atoms with van der Waals surface area (Å²) in [7, 11) is 0. The van der Waals surface area contributed by atoms with Crippen LogP contribution in [0.25, 0.3) is 11.3 Å². The van der Waals surface area contributed by atoms with Gasteiger partial charge in [0.1, 0.15) is 11.6 Å². The van der Waals surface area contributed by atoms with Crippen LogP contribution in [0.15, 0.2) is 40.8 Å². The maximum absolute atomic E-state index is 13.6. The van der Waals surface area contributed by atoms with Gasteiger partial charge in [-0.1, -0.05) is 12.1 Å². The van der Waals surface area contributed by atoms with Gasteiger partial charge < -0.3 is 9.32 Å². The van der Waals surface area contributed by atoms with Gasteiger partial charge in [-0.3, -0.25) is 9.89 Å². The molecule has 1 aliphatic heterocycles. The number of rotatable bonds is 4. The van der Waals surface area contributed by atoms with Crippen molar-refractivity contribution in [3.05, 3.63) is 65.0 Å². The molecule has 0 bridgehead atoms. The van der Waals surface area contributed by atoms with Gasteiger partial charge in [-0.15, -0.1) is 0 Å². The number of nitrogens with one attached hydrogen (secondary N) is 1. The average molecular weight is 371 g/mol. The monoisotopic (exact) mass is 371 g/mol. The van der Waals surface area contributed by atoms with E-state index in [1.54, 1.807) is 28.8 Å². The molecule has 4 rings (SSSR count). The summed E-state index contributed by atoms with van der Waals surface area (Å²) in [5, 5.41) is 7.38. The summed E-state index contributed by atoms with van der Waals surface area (Å²) in [6.45, 7) is 1.02. The number of hydrogen-bond donors (Lipinski definition) is 1. The number of amides is 1. The highest BCUT2D eigenvalue weighted by atomic mass is 32.2. The number of H-pyrrole nitrogens is 1. The Morgan fingerprint density at radius 1 is 1.38 bits per heavy atom. The summed E-state index contributed by atoms with van der Waals surface area (Å²) in [5.41, 5.74) is 3.33. The van der Waals surface area contributed by atoms with Crippen molar-refractivity contribution in [2.24, 2.45) is 0 Å². The zero-order chi connectivity index (χ0) is 18.1. The summed E-state index contributed by atoms with van der Waals surface area (Å²) in [4.78, 5) is 14.5. The van der Waals surface area contributed by atoms with Crippen LogP contribution in [0.2, 0.25) is 0 Å². The third-order valence-corrected chi connectivity index (χ3v) is 5.05. The van der Waals surface area contributed by atoms with Crippen molar-refractivity contribution in [2.75, 3.05) is 12.8 Å². The molecule has 0 saturated carbocycles. The first-order valence-corrected chi connectivity index (χ1v) is 9.74. The third-order valence-electron chi connectivity index (χ3n) is 4.48. The van der Waals surface area contributed by atoms with Crippen LogP contribution in [0.3, 0.4) is 0 Å². The zero-order valence-corrected chi connectivity index (χ0v) is 15.1. The van der Waals surface area contributed by atoms with Gasteiger partial charge in [-0.25, -0.2) is 4.39 Å². The van der Waals surface area contributed by atoms with E-state index in [9.17, 15) is 9.18 Å². The zero-order valence-electron chi connectivity index (χ0n) is 14.3. The van der Waals surface area contributed by atoms with Crippen LogP contribution >= 0.6 is 11.8 Å². The molecule has 3 aromatic rings. The molecule has 1 aliphatic rings. The Morgan fingerprint density at radius 2 is 2.27 bits per heavy atom. The van der Waals surface area contributed by atoms with Crippen molar-refractivity contribution in [1.29, 1.82) is 0 Å². The molecule has 0 spiro atoms. The maximum atomic E-state index is 13.6. The Kier molecular flexibility index (Phi) is 4.55. The molecular formula is C19H18FN3O2S. The number of furan rings is 1. The van der Waals surface area contributed by atoms with Gasteiger partial charge in [0.2, 0.25) is 0 Å². The van der Waals surface area contributed by atoms with Crippen molar-refractivity contribution in [1.82, 2.24) is 15.1 Å². The minimum Gasteiger partial charge on any atom is -0.455 e. The quantitative estimate of drug-likeness (QED) is 0.756. The Bertz CT molecular complexity index is 950. The van der Waals surface area contributed by atoms with Crippen molar-refractivity contribution < 1.29 is 13.6 Å². The Hall–Kier alpha value is -2.54. The van der Waals surface area contributed by atoms with E-state index in [-0.39, 0.29) is 11.7 Å². The summed E-state index contributed by atoms with van der Waals surface area (Å²) >= 11 is 1.65. The minimum atomic E-state index is -0.306. The summed E-state index contributed by atoms with van der Waals surface area (Å²) in [6, 6.07) is 9.91. The summed E-state index contributed by atoms with van der Waals surface area (Å²) < 4.78 is 19.2. The summed E-state index contributed by atoms with van der Waals surface area (Å²) in [5.74, 6) is 1.45. The molecule has 134 valence electrons. The van der Waals surface area contributed by atoms with Gasteiger partial charge in [0.25, 0.3) is 5.91 Å². The summed E-state index contributed by atoms with van der Waals surface area (Å²) in [6.07, 6.45) is 2.67. The highest BCUT2D eigenvalue weighted by Gasteiger charge is 2.27. The Morgan fingerprint density at radius 3 is 3.08 bits per heavy atom. The van der Waals surface area contributed by atoms with Gasteiger partial charge in [0.05, 0.1) is 18.0 Å². The van der Waals surface area contributed by atoms with E-state index >= 15 is 0 Å². The molecule has 0 aliphatic carbocycles. The van der Waals surface area contributed by atoms with Gasteiger partial charge in [-0.05, 0) is 30.5 Å². The van der Waals surface area contributed by atoms with E-state index in [0.29, 0.717) is 36.5 Å². The van der Waals surface area contributed by atoms with E-state index in [2.05, 4.69) is 10.2 Å². The fourth-order valence-corrected chi connectivity index (χ4v) is 3.65. The van der Waals surface area contributed by atoms with Crippen LogP contribution in [0.1, 0.15) is 27.6 Å². The van der Waals surface area contributed by atoms with Crippen LogP contribution in [0.5, 0.6) is 0 Å². The van der Waals surface area contributed by atoms with Crippen LogP contribution in [0.4, 0.5) is 4.39 Å². The van der Waals surface area contributed by atoms with Crippen molar-refractivity contribution in [3.8, 4) is 11.3 Å². The minimum absolute atomic E-state index is 0.130. The second kappa shape index (κ2) is 6.99. The maximum Gasteiger partial charge on any atom is 0.289 e. The number of carbonyl (C=O) groups excluding carboxylic acids is 1. The number of fused-ring (bicyclic) bond motifs is 1. The molecular weight excluding hydrogens is 353 g/mol. The molecule has 0 fully saturated rings. The molecule has 0 radical (unpaired) electrons. The Balaban J connectivity index is 1.59. The van der Waals surface area contributed by atoms with Crippen LogP contribution in [-0.4, -0.2) is 33.8 Å². The number of thioether (sulfide) groups is 1. The van der Waals surface area contributed by atoms with E-state index in [0.717, 1.165) is 22.8 Å². The fraction of sp³-hybridized carbons (Fsp3) is 0.263. The second-order valence-corrected chi connectivity index (χ2v) is 7.08. The number of aromatic nitrogens is 2. The lowest BCUT2D eigenvalue weighted by atomic mass is 10.0. The molecule has 1 amide bonds. The number of nitrogens with zero attached hydrogens (tertiary/aromatic N) is 2. The molecule has 0 unspecified atom stereocenters. The number of benzene rings is 1. The molecule has 3 heterocycles. The normalized spacial score (nSPS) is 13.7. The topological polar surface area (TPSA) is 62.1 Å². The first-order valence-electron chi connectivity index (χ1n) is 8.34. The lowest BCUT2D eigenvalue weighted by Crippen LogP contribution is -2.35. The predicted molar refractivity (Wildman–Crippen MR) is 98.4 cm³/mol. The highest BCUT2D eigenvalue weighted by molar-refractivity contribution is 7.97. The molecule has 26 heavy (non-hydrogen) atoms. The third kappa shape index (κ3) is 3.14. The second-order valence-electron chi connectivity index (χ2n) is 6.22. The largest absolute Gasteiger partial charge is 0.455 e. The lowest BCUT2D eigenvalue weighted by Gasteiger charge is -2.26. The van der Waals surface area contributed by atoms with Gasteiger partial charge in [0, 0.05) is 29.8 Å². The molecule has 0 saturated heterocycles. The average Bonchev–Trinajstić information content (AvgIpc) is 3.28. The molecule has 5 nitrogen and oxygen atoms in total. The smallest absolute Gasteiger partial charge is 0.289 e. The molecule has 7 heteroatoms. The van der Waals surface area contributed by atoms with Gasteiger partial charge in [0.15, 0.2) is 5.76 Å². The standard InChI is InChI=1S/C19H18FN3O2S/c1-26-11-14-5-6-17(25-14)19(24)23-8-7-16-15(10-23)18(22-21-16)12-3-2-4-13(20)9-12/h2-6,9H,7-8,10-11H2,1H3,(H,21,22). The predicted octanol–water partition coefficient (Wildman–Crippen LogP) is 3.87. The van der Waals surface area contributed by atoms with Crippen molar-refractivity contribution >= 4 is 17.7 Å². The van der Waals surface area contributed by atoms with E-state index in [1.165, 1.54) is 12.1 Å². The van der Waals surface area contributed by atoms with E-state index in [1.807, 2.05) is 18.4 Å². The Labute approximate surface area is 154 Å². The molecule has 0 atom stereocenters. The first kappa shape index (κ1) is 16.9. The SMILES string of the molecule is CSCc1ccc(C(=O)N2CCc3[nH]nc(-c4cccc(F)c4)c3C2)o1. The van der Waals surface area contributed by atoms with E-state index in [4.69, 9.17) is 4.42 Å². The number of aromatic amines is 1. The number of hydrogen-bond acceptors (Lipinski definition) is 4.